The molecule has 0 aliphatic rings. The number of aromatic nitrogens is 2. The molecule has 6 nitrogen and oxygen atoms in total. The van der Waals surface area contributed by atoms with Crippen molar-refractivity contribution in [2.45, 2.75) is 4.34 Å². The first-order chi connectivity index (χ1) is 8.66. The molecule has 0 spiro atoms. The summed E-state index contributed by atoms with van der Waals surface area (Å²) in [5.41, 5.74) is 0.431. The van der Waals surface area contributed by atoms with Gasteiger partial charge in [-0.25, -0.2) is 4.98 Å². The number of thioether (sulfide) groups is 1. The maximum atomic E-state index is 11.8. The van der Waals surface area contributed by atoms with E-state index in [0.29, 0.717) is 5.56 Å². The van der Waals surface area contributed by atoms with Gasteiger partial charge in [-0.05, 0) is 23.7 Å². The van der Waals surface area contributed by atoms with Crippen LogP contribution in [0, 0.1) is 10.1 Å². The van der Waals surface area contributed by atoms with E-state index in [2.05, 4.69) is 9.36 Å². The van der Waals surface area contributed by atoms with Gasteiger partial charge in [-0.1, -0.05) is 11.8 Å². The smallest absolute Gasteiger partial charge is 0.269 e. The maximum absolute atomic E-state index is 11.8. The Morgan fingerprint density at radius 1 is 1.39 bits per heavy atom. The molecule has 8 heteroatoms. The van der Waals surface area contributed by atoms with Gasteiger partial charge in [-0.2, -0.15) is 4.37 Å². The van der Waals surface area contributed by atoms with Gasteiger partial charge in [0.2, 0.25) is 0 Å². The number of non-ortho nitro benzene ring substituents is 1. The van der Waals surface area contributed by atoms with Crippen molar-refractivity contribution in [3.05, 3.63) is 46.3 Å². The average Bonchev–Trinajstić information content (AvgIpc) is 2.89. The van der Waals surface area contributed by atoms with Crippen LogP contribution in [-0.2, 0) is 0 Å². The Bertz CT molecular complexity index is 554. The van der Waals surface area contributed by atoms with Gasteiger partial charge in [0.25, 0.3) is 5.69 Å². The van der Waals surface area contributed by atoms with E-state index < -0.39 is 4.92 Å². The molecule has 0 atom stereocenters. The summed E-state index contributed by atoms with van der Waals surface area (Å²) in [5.74, 6) is 0.151. The molecule has 2 aromatic rings. The molecule has 1 heterocycles. The van der Waals surface area contributed by atoms with E-state index in [-0.39, 0.29) is 17.2 Å². The molecular formula is C10H7N3O3S2. The zero-order chi connectivity index (χ0) is 13.0. The Balaban J connectivity index is 1.98. The molecule has 0 saturated heterocycles. The van der Waals surface area contributed by atoms with Gasteiger partial charge < -0.3 is 0 Å². The average molecular weight is 281 g/mol. The van der Waals surface area contributed by atoms with E-state index >= 15 is 0 Å². The molecule has 1 aromatic carbocycles. The Labute approximate surface area is 110 Å². The number of nitro benzene ring substituents is 1. The number of Topliss-reactive ketones (excluding diaryl/α,β-unsaturated/α-hetero) is 1. The molecule has 0 N–H and O–H groups in total. The largest absolute Gasteiger partial charge is 0.293 e. The molecule has 0 saturated carbocycles. The topological polar surface area (TPSA) is 86.0 Å². The summed E-state index contributed by atoms with van der Waals surface area (Å²) in [4.78, 5) is 25.7. The van der Waals surface area contributed by atoms with Crippen LogP contribution in [-0.4, -0.2) is 25.8 Å². The molecule has 0 fully saturated rings. The number of hydrogen-bond acceptors (Lipinski definition) is 7. The van der Waals surface area contributed by atoms with Crippen molar-refractivity contribution in [1.29, 1.82) is 0 Å². The van der Waals surface area contributed by atoms with E-state index in [0.717, 1.165) is 4.34 Å². The van der Waals surface area contributed by atoms with Crippen molar-refractivity contribution in [1.82, 2.24) is 9.36 Å². The lowest BCUT2D eigenvalue weighted by Crippen LogP contribution is -2.02. The van der Waals surface area contributed by atoms with E-state index in [1.54, 1.807) is 0 Å². The lowest BCUT2D eigenvalue weighted by Gasteiger charge is -1.98. The summed E-state index contributed by atoms with van der Waals surface area (Å²) in [7, 11) is 0. The summed E-state index contributed by atoms with van der Waals surface area (Å²) in [6, 6.07) is 5.56. The highest BCUT2D eigenvalue weighted by atomic mass is 32.2. The highest BCUT2D eigenvalue weighted by molar-refractivity contribution is 8.01. The molecule has 0 aliphatic heterocycles. The van der Waals surface area contributed by atoms with Crippen LogP contribution in [0.4, 0.5) is 5.69 Å². The SMILES string of the molecule is O=C(CSc1ncns1)c1ccc([N+](=O)[O-])cc1. The van der Waals surface area contributed by atoms with Crippen molar-refractivity contribution < 1.29 is 9.72 Å². The van der Waals surface area contributed by atoms with Crippen LogP contribution >= 0.6 is 23.3 Å². The van der Waals surface area contributed by atoms with Gasteiger partial charge in [0.1, 0.15) is 6.33 Å². The van der Waals surface area contributed by atoms with Gasteiger partial charge in [0.05, 0.1) is 10.7 Å². The molecule has 0 bridgehead atoms. The van der Waals surface area contributed by atoms with Crippen LogP contribution in [0.25, 0.3) is 0 Å². The van der Waals surface area contributed by atoms with E-state index in [4.69, 9.17) is 0 Å². The monoisotopic (exact) mass is 281 g/mol. The summed E-state index contributed by atoms with van der Waals surface area (Å²) in [6.07, 6.45) is 1.43. The predicted octanol–water partition coefficient (Wildman–Crippen LogP) is 2.42. The van der Waals surface area contributed by atoms with Gasteiger partial charge in [0.15, 0.2) is 10.1 Å². The normalized spacial score (nSPS) is 10.2. The summed E-state index contributed by atoms with van der Waals surface area (Å²) < 4.78 is 4.55. The summed E-state index contributed by atoms with van der Waals surface area (Å²) in [6.45, 7) is 0. The number of nitrogens with zero attached hydrogens (tertiary/aromatic N) is 3. The van der Waals surface area contributed by atoms with Crippen LogP contribution in [0.3, 0.4) is 0 Å². The lowest BCUT2D eigenvalue weighted by atomic mass is 10.1. The van der Waals surface area contributed by atoms with E-state index in [1.807, 2.05) is 0 Å². The number of rotatable bonds is 5. The molecule has 2 rings (SSSR count). The Kier molecular flexibility index (Phi) is 4.00. The molecule has 92 valence electrons. The van der Waals surface area contributed by atoms with Crippen LogP contribution in [0.15, 0.2) is 34.9 Å². The number of carbonyl (C=O) groups excluding carboxylic acids is 1. The van der Waals surface area contributed by atoms with E-state index in [9.17, 15) is 14.9 Å². The molecule has 0 unspecified atom stereocenters. The number of ketones is 1. The third kappa shape index (κ3) is 3.11. The zero-order valence-electron chi connectivity index (χ0n) is 8.98. The second-order valence-corrected chi connectivity index (χ2v) is 5.23. The third-order valence-electron chi connectivity index (χ3n) is 2.07. The number of hydrogen-bond donors (Lipinski definition) is 0. The van der Waals surface area contributed by atoms with Crippen molar-refractivity contribution in [2.24, 2.45) is 0 Å². The minimum atomic E-state index is -0.496. The highest BCUT2D eigenvalue weighted by Crippen LogP contribution is 2.20. The summed E-state index contributed by atoms with van der Waals surface area (Å²) in [5, 5.41) is 10.5. The van der Waals surface area contributed by atoms with Crippen LogP contribution in [0.2, 0.25) is 0 Å². The van der Waals surface area contributed by atoms with Crippen molar-refractivity contribution in [3.63, 3.8) is 0 Å². The predicted molar refractivity (Wildman–Crippen MR) is 68.1 cm³/mol. The van der Waals surface area contributed by atoms with Crippen molar-refractivity contribution in [3.8, 4) is 0 Å². The van der Waals surface area contributed by atoms with Gasteiger partial charge in [0, 0.05) is 17.7 Å². The third-order valence-corrected chi connectivity index (χ3v) is 3.87. The minimum Gasteiger partial charge on any atom is -0.293 e. The fourth-order valence-corrected chi connectivity index (χ4v) is 2.54. The van der Waals surface area contributed by atoms with E-state index in [1.165, 1.54) is 53.9 Å². The first-order valence-electron chi connectivity index (χ1n) is 4.84. The standard InChI is InChI=1S/C10H7N3O3S2/c14-9(5-17-10-11-6-12-18-10)7-1-3-8(4-2-7)13(15)16/h1-4,6H,5H2. The second-order valence-electron chi connectivity index (χ2n) is 3.22. The lowest BCUT2D eigenvalue weighted by molar-refractivity contribution is -0.384. The highest BCUT2D eigenvalue weighted by Gasteiger charge is 2.10. The Morgan fingerprint density at radius 3 is 2.67 bits per heavy atom. The number of carbonyl (C=O) groups is 1. The molecule has 0 amide bonds. The Hall–Kier alpha value is -1.80. The molecule has 1 aromatic heterocycles. The van der Waals surface area contributed by atoms with Gasteiger partial charge in [-0.15, -0.1) is 0 Å². The van der Waals surface area contributed by atoms with Crippen LogP contribution in [0.5, 0.6) is 0 Å². The maximum Gasteiger partial charge on any atom is 0.269 e. The van der Waals surface area contributed by atoms with Gasteiger partial charge in [-0.3, -0.25) is 14.9 Å². The van der Waals surface area contributed by atoms with Crippen molar-refractivity contribution in [2.75, 3.05) is 5.75 Å². The quantitative estimate of drug-likeness (QED) is 0.362. The number of benzene rings is 1. The minimum absolute atomic E-state index is 0.0247. The first kappa shape index (κ1) is 12.7. The first-order valence-corrected chi connectivity index (χ1v) is 6.60. The molecular weight excluding hydrogens is 274 g/mol. The fourth-order valence-electron chi connectivity index (χ4n) is 1.21. The second kappa shape index (κ2) is 5.69. The van der Waals surface area contributed by atoms with Crippen molar-refractivity contribution >= 4 is 34.8 Å². The summed E-state index contributed by atoms with van der Waals surface area (Å²) >= 11 is 2.53. The van der Waals surface area contributed by atoms with Crippen LogP contribution < -0.4 is 0 Å². The number of nitro groups is 1. The van der Waals surface area contributed by atoms with Gasteiger partial charge >= 0.3 is 0 Å². The molecule has 0 radical (unpaired) electrons. The zero-order valence-corrected chi connectivity index (χ0v) is 10.6. The Morgan fingerprint density at radius 2 is 2.11 bits per heavy atom. The molecule has 0 aliphatic carbocycles. The van der Waals surface area contributed by atoms with Crippen LogP contribution in [0.1, 0.15) is 10.4 Å². The molecule has 18 heavy (non-hydrogen) atoms. The fraction of sp³-hybridized carbons (Fsp3) is 0.100.